The number of fused-ring (bicyclic) bond motifs is 1. The molecule has 0 spiro atoms. The van der Waals surface area contributed by atoms with Crippen molar-refractivity contribution in [3.8, 4) is 0 Å². The Morgan fingerprint density at radius 1 is 1.75 bits per heavy atom. The zero-order valence-electron chi connectivity index (χ0n) is 6.83. The molecule has 1 aromatic heterocycles. The molecule has 0 aliphatic heterocycles. The summed E-state index contributed by atoms with van der Waals surface area (Å²) >= 11 is 0. The lowest BCUT2D eigenvalue weighted by Crippen LogP contribution is -2.16. The maximum atomic E-state index is 11.1. The summed E-state index contributed by atoms with van der Waals surface area (Å²) in [5.74, 6) is -0.161. The van der Waals surface area contributed by atoms with Gasteiger partial charge in [-0.3, -0.25) is 4.79 Å². The van der Waals surface area contributed by atoms with Gasteiger partial charge in [0, 0.05) is 18.5 Å². The molecule has 2 rings (SSSR count). The van der Waals surface area contributed by atoms with Crippen LogP contribution in [0.4, 0.5) is 0 Å². The van der Waals surface area contributed by atoms with Crippen molar-refractivity contribution in [3.63, 3.8) is 0 Å². The number of aromatic amines is 1. The number of hydrogen-bond donors (Lipinski definition) is 1. The number of rotatable bonds is 1. The Hall–Kier alpha value is -1.32. The van der Waals surface area contributed by atoms with E-state index in [1.807, 2.05) is 0 Å². The Labute approximate surface area is 70.0 Å². The quantitative estimate of drug-likeness (QED) is 0.610. The van der Waals surface area contributed by atoms with Gasteiger partial charge in [-0.1, -0.05) is 0 Å². The molecule has 1 aliphatic rings. The van der Waals surface area contributed by atoms with Crippen LogP contribution < -0.4 is 0 Å². The van der Waals surface area contributed by atoms with E-state index >= 15 is 0 Å². The third-order valence-corrected chi connectivity index (χ3v) is 2.23. The Balaban J connectivity index is 2.12. The van der Waals surface area contributed by atoms with Crippen LogP contribution in [0, 0.1) is 5.92 Å². The van der Waals surface area contributed by atoms with Gasteiger partial charge in [0.1, 0.15) is 0 Å². The van der Waals surface area contributed by atoms with Crippen molar-refractivity contribution in [1.29, 1.82) is 0 Å². The molecule has 1 aliphatic carbocycles. The highest BCUT2D eigenvalue weighted by Gasteiger charge is 2.29. The zero-order valence-corrected chi connectivity index (χ0v) is 6.83. The lowest BCUT2D eigenvalue weighted by Gasteiger charge is -2.04. The summed E-state index contributed by atoms with van der Waals surface area (Å²) in [6.07, 6.45) is 3.12. The zero-order chi connectivity index (χ0) is 8.55. The van der Waals surface area contributed by atoms with Crippen LogP contribution in [0.25, 0.3) is 0 Å². The Morgan fingerprint density at radius 2 is 2.58 bits per heavy atom. The first-order valence-electron chi connectivity index (χ1n) is 3.90. The second-order valence-electron chi connectivity index (χ2n) is 2.96. The molecule has 0 amide bonds. The smallest absolute Gasteiger partial charge is 0.309 e. The number of carbonyl (C=O) groups excluding carboxylic acids is 1. The number of H-pyrrole nitrogens is 1. The number of ether oxygens (including phenoxy) is 1. The van der Waals surface area contributed by atoms with Crippen molar-refractivity contribution >= 4 is 5.97 Å². The molecule has 12 heavy (non-hydrogen) atoms. The van der Waals surface area contributed by atoms with Crippen LogP contribution in [-0.4, -0.2) is 23.0 Å². The van der Waals surface area contributed by atoms with Crippen LogP contribution in [0.1, 0.15) is 11.4 Å². The summed E-state index contributed by atoms with van der Waals surface area (Å²) in [5.41, 5.74) is 2.08. The highest BCUT2D eigenvalue weighted by molar-refractivity contribution is 5.73. The molecule has 0 fully saturated rings. The SMILES string of the molecule is COC(=O)C1Cc2nc[nH]c2C1. The molecule has 1 N–H and O–H groups in total. The van der Waals surface area contributed by atoms with Crippen LogP contribution in [0.15, 0.2) is 6.33 Å². The summed E-state index contributed by atoms with van der Waals surface area (Å²) in [4.78, 5) is 18.2. The standard InChI is InChI=1S/C8H10N2O2/c1-12-8(11)5-2-6-7(3-5)10-4-9-6/h4-5H,2-3H2,1H3,(H,9,10). The van der Waals surface area contributed by atoms with Crippen molar-refractivity contribution in [2.45, 2.75) is 12.8 Å². The van der Waals surface area contributed by atoms with Gasteiger partial charge in [0.2, 0.25) is 0 Å². The Bertz CT molecular complexity index is 285. The molecule has 4 heteroatoms. The van der Waals surface area contributed by atoms with Crippen LogP contribution in [0.2, 0.25) is 0 Å². The molecule has 1 aromatic rings. The number of imidazole rings is 1. The minimum Gasteiger partial charge on any atom is -0.469 e. The Kier molecular flexibility index (Phi) is 1.60. The van der Waals surface area contributed by atoms with E-state index in [2.05, 4.69) is 14.7 Å². The number of esters is 1. The normalized spacial score (nSPS) is 16.1. The third-order valence-electron chi connectivity index (χ3n) is 2.23. The summed E-state index contributed by atoms with van der Waals surface area (Å²) in [6.45, 7) is 0. The van der Waals surface area contributed by atoms with E-state index in [4.69, 9.17) is 0 Å². The summed E-state index contributed by atoms with van der Waals surface area (Å²) in [7, 11) is 1.42. The van der Waals surface area contributed by atoms with E-state index in [0.29, 0.717) is 6.42 Å². The van der Waals surface area contributed by atoms with Gasteiger partial charge in [-0.05, 0) is 0 Å². The van der Waals surface area contributed by atoms with Crippen LogP contribution in [0.5, 0.6) is 0 Å². The number of methoxy groups -OCH3 is 1. The van der Waals surface area contributed by atoms with Gasteiger partial charge in [0.25, 0.3) is 0 Å². The minimum absolute atomic E-state index is 0.0232. The van der Waals surface area contributed by atoms with Crippen molar-refractivity contribution in [3.05, 3.63) is 17.7 Å². The minimum atomic E-state index is -0.138. The number of nitrogens with zero attached hydrogens (tertiary/aromatic N) is 1. The molecule has 1 heterocycles. The van der Waals surface area contributed by atoms with Gasteiger partial charge < -0.3 is 9.72 Å². The van der Waals surface area contributed by atoms with E-state index in [9.17, 15) is 4.79 Å². The molecule has 1 atom stereocenters. The fraction of sp³-hybridized carbons (Fsp3) is 0.500. The molecule has 0 aromatic carbocycles. The molecule has 0 saturated carbocycles. The van der Waals surface area contributed by atoms with E-state index in [1.165, 1.54) is 7.11 Å². The highest BCUT2D eigenvalue weighted by atomic mass is 16.5. The molecule has 0 saturated heterocycles. The summed E-state index contributed by atoms with van der Waals surface area (Å²) < 4.78 is 4.65. The van der Waals surface area contributed by atoms with Gasteiger partial charge in [-0.25, -0.2) is 4.98 Å². The summed E-state index contributed by atoms with van der Waals surface area (Å²) in [5, 5.41) is 0. The predicted molar refractivity (Wildman–Crippen MR) is 41.5 cm³/mol. The predicted octanol–water partition coefficient (Wildman–Crippen LogP) is 0.297. The second kappa shape index (κ2) is 2.62. The maximum absolute atomic E-state index is 11.1. The van der Waals surface area contributed by atoms with Gasteiger partial charge in [0.05, 0.1) is 25.0 Å². The first-order valence-corrected chi connectivity index (χ1v) is 3.90. The average Bonchev–Trinajstić information content (AvgIpc) is 2.60. The molecule has 64 valence electrons. The lowest BCUT2D eigenvalue weighted by molar-refractivity contribution is -0.145. The molecule has 0 radical (unpaired) electrons. The summed E-state index contributed by atoms with van der Waals surface area (Å²) in [6, 6.07) is 0. The van der Waals surface area contributed by atoms with Crippen molar-refractivity contribution < 1.29 is 9.53 Å². The monoisotopic (exact) mass is 166 g/mol. The van der Waals surface area contributed by atoms with Gasteiger partial charge >= 0.3 is 5.97 Å². The topological polar surface area (TPSA) is 55.0 Å². The van der Waals surface area contributed by atoms with Gasteiger partial charge in [-0.15, -0.1) is 0 Å². The van der Waals surface area contributed by atoms with Gasteiger partial charge in [0.15, 0.2) is 0 Å². The number of aromatic nitrogens is 2. The van der Waals surface area contributed by atoms with E-state index in [-0.39, 0.29) is 11.9 Å². The van der Waals surface area contributed by atoms with E-state index < -0.39 is 0 Å². The van der Waals surface area contributed by atoms with Crippen molar-refractivity contribution in [1.82, 2.24) is 9.97 Å². The van der Waals surface area contributed by atoms with E-state index in [0.717, 1.165) is 17.8 Å². The number of hydrogen-bond acceptors (Lipinski definition) is 3. The molecule has 4 nitrogen and oxygen atoms in total. The van der Waals surface area contributed by atoms with Crippen LogP contribution >= 0.6 is 0 Å². The third kappa shape index (κ3) is 0.995. The fourth-order valence-corrected chi connectivity index (χ4v) is 1.59. The molecule has 0 bridgehead atoms. The first-order chi connectivity index (χ1) is 5.81. The first kappa shape index (κ1) is 7.34. The molecular formula is C8H10N2O2. The molecular weight excluding hydrogens is 156 g/mol. The van der Waals surface area contributed by atoms with Crippen LogP contribution in [0.3, 0.4) is 0 Å². The number of carbonyl (C=O) groups is 1. The van der Waals surface area contributed by atoms with Crippen molar-refractivity contribution in [2.24, 2.45) is 5.92 Å². The number of nitrogens with one attached hydrogen (secondary N) is 1. The highest BCUT2D eigenvalue weighted by Crippen LogP contribution is 2.23. The van der Waals surface area contributed by atoms with Gasteiger partial charge in [-0.2, -0.15) is 0 Å². The Morgan fingerprint density at radius 3 is 3.25 bits per heavy atom. The average molecular weight is 166 g/mol. The van der Waals surface area contributed by atoms with Crippen LogP contribution in [-0.2, 0) is 22.4 Å². The molecule has 1 unspecified atom stereocenters. The maximum Gasteiger partial charge on any atom is 0.309 e. The largest absolute Gasteiger partial charge is 0.469 e. The lowest BCUT2D eigenvalue weighted by atomic mass is 10.1. The second-order valence-corrected chi connectivity index (χ2v) is 2.96. The van der Waals surface area contributed by atoms with E-state index in [1.54, 1.807) is 6.33 Å². The van der Waals surface area contributed by atoms with Crippen molar-refractivity contribution in [2.75, 3.05) is 7.11 Å². The fourth-order valence-electron chi connectivity index (χ4n) is 1.59.